The van der Waals surface area contributed by atoms with E-state index in [1.54, 1.807) is 0 Å². The van der Waals surface area contributed by atoms with Crippen LogP contribution in [0, 0.1) is 12.2 Å². The fourth-order valence-corrected chi connectivity index (χ4v) is 0.680. The van der Waals surface area contributed by atoms with Gasteiger partial charge < -0.3 is 28.8 Å². The fourth-order valence-electron chi connectivity index (χ4n) is 0.680. The number of allylic oxidation sites excluding steroid dienone is 8. The van der Waals surface area contributed by atoms with Gasteiger partial charge in [-0.2, -0.15) is 12.2 Å². The molecule has 0 heterocycles. The molecule has 23 heavy (non-hydrogen) atoms. The SMILES string of the molecule is C=O.C=O.C=O.C=O.C=O.C=O.[C-]1=CC=CC1.[C-]1=CC=CC1.[Mo+2]. The first-order chi connectivity index (χ1) is 11.0. The fraction of sp³-hybridized carbons (Fsp3) is 0.125. The molecule has 0 radical (unpaired) electrons. The zero-order valence-corrected chi connectivity index (χ0v) is 15.0. The molecule has 0 amide bonds. The first-order valence-corrected chi connectivity index (χ1v) is 5.17. The largest absolute Gasteiger partial charge is 2.00 e. The van der Waals surface area contributed by atoms with Gasteiger partial charge in [-0.1, -0.05) is 0 Å². The van der Waals surface area contributed by atoms with Crippen LogP contribution in [0.15, 0.2) is 36.5 Å². The summed E-state index contributed by atoms with van der Waals surface area (Å²) in [6.45, 7) is 12.0. The van der Waals surface area contributed by atoms with Gasteiger partial charge in [0.05, 0.1) is 0 Å². The summed E-state index contributed by atoms with van der Waals surface area (Å²) in [4.78, 5) is 48.0. The molecule has 6 nitrogen and oxygen atoms in total. The second kappa shape index (κ2) is 117. The molecule has 128 valence electrons. The minimum absolute atomic E-state index is 0. The molecule has 0 saturated carbocycles. The predicted molar refractivity (Wildman–Crippen MR) is 85.9 cm³/mol. The van der Waals surface area contributed by atoms with E-state index in [2.05, 4.69) is 24.3 Å². The van der Waals surface area contributed by atoms with E-state index in [1.165, 1.54) is 0 Å². The Morgan fingerprint density at radius 2 is 0.739 bits per heavy atom. The third kappa shape index (κ3) is 104. The summed E-state index contributed by atoms with van der Waals surface area (Å²) in [5, 5.41) is 0. The van der Waals surface area contributed by atoms with Crippen LogP contribution in [-0.2, 0) is 49.8 Å². The smallest absolute Gasteiger partial charge is 0.307 e. The van der Waals surface area contributed by atoms with Crippen molar-refractivity contribution in [2.45, 2.75) is 12.8 Å². The van der Waals surface area contributed by atoms with Crippen molar-refractivity contribution in [1.29, 1.82) is 0 Å². The number of carbonyl (C=O) groups is 6. The molecule has 0 fully saturated rings. The maximum atomic E-state index is 8.00. The van der Waals surface area contributed by atoms with E-state index in [0.29, 0.717) is 0 Å². The van der Waals surface area contributed by atoms with Crippen LogP contribution in [0.2, 0.25) is 0 Å². The molecule has 0 atom stereocenters. The Morgan fingerprint density at radius 1 is 0.522 bits per heavy atom. The third-order valence-corrected chi connectivity index (χ3v) is 1.17. The minimum Gasteiger partial charge on any atom is -0.307 e. The number of carbonyl (C=O) groups excluding carboxylic acids is 6. The van der Waals surface area contributed by atoms with Crippen LogP contribution >= 0.6 is 0 Å². The molecule has 2 aliphatic rings. The summed E-state index contributed by atoms with van der Waals surface area (Å²) >= 11 is 0. The number of hydrogen-bond donors (Lipinski definition) is 0. The zero-order chi connectivity index (χ0) is 19.1. The van der Waals surface area contributed by atoms with Crippen LogP contribution in [-0.4, -0.2) is 40.7 Å². The van der Waals surface area contributed by atoms with Gasteiger partial charge in [0, 0.05) is 0 Å². The van der Waals surface area contributed by atoms with Crippen LogP contribution in [0.3, 0.4) is 0 Å². The molecule has 0 aromatic carbocycles. The first kappa shape index (κ1) is 42.8. The molecule has 0 N–H and O–H groups in total. The van der Waals surface area contributed by atoms with E-state index >= 15 is 0 Å². The average molecular weight is 406 g/mol. The first-order valence-electron chi connectivity index (χ1n) is 5.17. The van der Waals surface area contributed by atoms with E-state index in [0.717, 1.165) is 12.8 Å². The molecular weight excluding hydrogens is 384 g/mol. The van der Waals surface area contributed by atoms with Crippen LogP contribution in [0.5, 0.6) is 0 Å². The molecule has 2 aliphatic carbocycles. The summed E-state index contributed by atoms with van der Waals surface area (Å²) in [5.41, 5.74) is 0. The Bertz CT molecular complexity index is 220. The minimum atomic E-state index is 0. The van der Waals surface area contributed by atoms with E-state index in [1.807, 2.05) is 65.0 Å². The maximum Gasteiger partial charge on any atom is 2.00 e. The quantitative estimate of drug-likeness (QED) is 0.446. The second-order valence-corrected chi connectivity index (χ2v) is 2.01. The second-order valence-electron chi connectivity index (χ2n) is 2.01. The van der Waals surface area contributed by atoms with Crippen molar-refractivity contribution in [3.05, 3.63) is 48.6 Å². The Balaban J connectivity index is -0.0000000269. The van der Waals surface area contributed by atoms with Crippen molar-refractivity contribution in [3.63, 3.8) is 0 Å². The molecule has 2 rings (SSSR count). The van der Waals surface area contributed by atoms with E-state index < -0.39 is 0 Å². The zero-order valence-electron chi connectivity index (χ0n) is 13.0. The monoisotopic (exact) mass is 408 g/mol. The van der Waals surface area contributed by atoms with Gasteiger partial charge in [0.15, 0.2) is 0 Å². The van der Waals surface area contributed by atoms with Gasteiger partial charge in [0.1, 0.15) is 40.7 Å². The van der Waals surface area contributed by atoms with E-state index in [4.69, 9.17) is 28.8 Å². The van der Waals surface area contributed by atoms with E-state index in [-0.39, 0.29) is 21.1 Å². The Morgan fingerprint density at radius 3 is 0.783 bits per heavy atom. The van der Waals surface area contributed by atoms with Gasteiger partial charge >= 0.3 is 21.1 Å². The van der Waals surface area contributed by atoms with Gasteiger partial charge in [-0.3, -0.25) is 12.2 Å². The molecule has 7 heteroatoms. The average Bonchev–Trinajstić information content (AvgIpc) is 3.43. The molecule has 0 unspecified atom stereocenters. The third-order valence-electron chi connectivity index (χ3n) is 1.17. The Kier molecular flexibility index (Phi) is 217. The van der Waals surface area contributed by atoms with Crippen LogP contribution in [0.1, 0.15) is 12.8 Å². The summed E-state index contributed by atoms with van der Waals surface area (Å²) in [6, 6.07) is 0. The van der Waals surface area contributed by atoms with Crippen LogP contribution in [0.25, 0.3) is 0 Å². The maximum absolute atomic E-state index is 8.00. The number of rotatable bonds is 0. The Hall–Kier alpha value is -2.33. The van der Waals surface area contributed by atoms with Gasteiger partial charge in [0.2, 0.25) is 0 Å². The topological polar surface area (TPSA) is 102 Å². The van der Waals surface area contributed by atoms with Crippen molar-refractivity contribution >= 4 is 40.7 Å². The van der Waals surface area contributed by atoms with Crippen molar-refractivity contribution in [3.8, 4) is 0 Å². The molecular formula is C16H22MoO6. The van der Waals surface area contributed by atoms with Gasteiger partial charge in [-0.05, 0) is 0 Å². The summed E-state index contributed by atoms with van der Waals surface area (Å²) in [6.07, 6.45) is 20.0. The Labute approximate surface area is 152 Å². The van der Waals surface area contributed by atoms with Crippen molar-refractivity contribution < 1.29 is 49.8 Å². The molecule has 0 saturated heterocycles. The standard InChI is InChI=1S/2C5H5.6CH2O.Mo/c2*1-2-4-5-3-1;6*1-2;/h2*1-3H,4H2;6*1H2;/q2*-1;;;;;;;+2. The predicted octanol–water partition coefficient (Wildman–Crippen LogP) is 1.50. The van der Waals surface area contributed by atoms with E-state index in [9.17, 15) is 0 Å². The van der Waals surface area contributed by atoms with Crippen LogP contribution < -0.4 is 0 Å². The molecule has 0 spiro atoms. The van der Waals surface area contributed by atoms with Gasteiger partial charge in [-0.25, -0.2) is 24.3 Å². The molecule has 0 bridgehead atoms. The van der Waals surface area contributed by atoms with Crippen molar-refractivity contribution in [2.75, 3.05) is 0 Å². The van der Waals surface area contributed by atoms with Gasteiger partial charge in [-0.15, -0.1) is 12.8 Å². The molecule has 0 aliphatic heterocycles. The molecule has 0 aromatic heterocycles. The van der Waals surface area contributed by atoms with Crippen LogP contribution in [0.4, 0.5) is 0 Å². The summed E-state index contributed by atoms with van der Waals surface area (Å²) < 4.78 is 0. The molecule has 0 aromatic rings. The van der Waals surface area contributed by atoms with Crippen molar-refractivity contribution in [2.24, 2.45) is 0 Å². The van der Waals surface area contributed by atoms with Gasteiger partial charge in [0.25, 0.3) is 0 Å². The van der Waals surface area contributed by atoms with Crippen molar-refractivity contribution in [1.82, 2.24) is 0 Å². The summed E-state index contributed by atoms with van der Waals surface area (Å²) in [7, 11) is 0. The normalized spacial score (nSPS) is 8.70. The number of hydrogen-bond acceptors (Lipinski definition) is 6. The summed E-state index contributed by atoms with van der Waals surface area (Å²) in [5.74, 6) is 0.